The molecule has 0 bridgehead atoms. The summed E-state index contributed by atoms with van der Waals surface area (Å²) in [5, 5.41) is 2.99. The molecule has 2 unspecified atom stereocenters. The molecule has 0 saturated carbocycles. The van der Waals surface area contributed by atoms with Crippen molar-refractivity contribution < 1.29 is 14.4 Å². The number of hydrogen-bond donors (Lipinski definition) is 1. The lowest BCUT2D eigenvalue weighted by Gasteiger charge is -2.40. The Morgan fingerprint density at radius 1 is 1.04 bits per heavy atom. The maximum Gasteiger partial charge on any atom is 0.234 e. The third kappa shape index (κ3) is 6.19. The van der Waals surface area contributed by atoms with Crippen molar-refractivity contribution in [1.82, 2.24) is 20.0 Å². The predicted molar refractivity (Wildman–Crippen MR) is 110 cm³/mol. The number of piperidine rings is 1. The van der Waals surface area contributed by atoms with Gasteiger partial charge in [-0.3, -0.25) is 19.3 Å². The van der Waals surface area contributed by atoms with Crippen LogP contribution < -0.4 is 5.32 Å². The lowest BCUT2D eigenvalue weighted by atomic mass is 9.90. The largest absolute Gasteiger partial charge is 0.353 e. The summed E-state index contributed by atoms with van der Waals surface area (Å²) in [4.78, 5) is 43.5. The van der Waals surface area contributed by atoms with Crippen LogP contribution in [-0.4, -0.2) is 84.3 Å². The van der Waals surface area contributed by atoms with Crippen LogP contribution in [-0.2, 0) is 14.4 Å². The molecule has 1 N–H and O–H groups in total. The van der Waals surface area contributed by atoms with E-state index in [2.05, 4.69) is 17.1 Å². The third-order valence-corrected chi connectivity index (χ3v) is 5.77. The van der Waals surface area contributed by atoms with E-state index in [0.29, 0.717) is 26.2 Å². The van der Waals surface area contributed by atoms with Crippen LogP contribution in [0.4, 0.5) is 0 Å². The number of carbonyl (C=O) groups is 3. The number of likely N-dealkylation sites (tertiary alicyclic amines) is 1. The van der Waals surface area contributed by atoms with Gasteiger partial charge in [-0.15, -0.1) is 0 Å². The van der Waals surface area contributed by atoms with E-state index < -0.39 is 5.41 Å². The summed E-state index contributed by atoms with van der Waals surface area (Å²) >= 11 is 0. The van der Waals surface area contributed by atoms with Crippen LogP contribution in [0.2, 0.25) is 0 Å². The quantitative estimate of drug-likeness (QED) is 0.764. The van der Waals surface area contributed by atoms with Crippen molar-refractivity contribution in [3.8, 4) is 0 Å². The summed E-state index contributed by atoms with van der Waals surface area (Å²) in [5.74, 6) is 0.246. The van der Waals surface area contributed by atoms with Crippen LogP contribution in [0.25, 0.3) is 0 Å². The first-order valence-electron chi connectivity index (χ1n) is 10.7. The van der Waals surface area contributed by atoms with Gasteiger partial charge in [0.25, 0.3) is 0 Å². The predicted octanol–water partition coefficient (Wildman–Crippen LogP) is 1.33. The molecule has 2 aliphatic rings. The molecule has 2 atom stereocenters. The van der Waals surface area contributed by atoms with Gasteiger partial charge >= 0.3 is 0 Å². The molecule has 2 fully saturated rings. The molecule has 2 rings (SSSR count). The first kappa shape index (κ1) is 22.7. The fourth-order valence-electron chi connectivity index (χ4n) is 3.85. The minimum atomic E-state index is -0.410. The van der Waals surface area contributed by atoms with Gasteiger partial charge in [0.2, 0.25) is 17.7 Å². The van der Waals surface area contributed by atoms with Gasteiger partial charge in [-0.05, 0) is 26.2 Å². The Hall–Kier alpha value is -1.63. The number of piperazine rings is 1. The second-order valence-electron chi connectivity index (χ2n) is 9.32. The zero-order chi connectivity index (χ0) is 20.9. The normalized spacial score (nSPS) is 22.7. The van der Waals surface area contributed by atoms with Gasteiger partial charge in [-0.2, -0.15) is 0 Å². The molecule has 2 saturated heterocycles. The lowest BCUT2D eigenvalue weighted by Crippen LogP contribution is -2.55. The van der Waals surface area contributed by atoms with Crippen molar-refractivity contribution >= 4 is 17.7 Å². The molecule has 7 heteroatoms. The molecule has 7 nitrogen and oxygen atoms in total. The molecule has 0 aromatic rings. The third-order valence-electron chi connectivity index (χ3n) is 5.77. The standard InChI is InChI=1S/C21H38N4O3/c1-6-16(2)22-18(26)15-23-10-12-24(13-11-23)19(27)17-8-7-9-25(14-17)20(28)21(3,4)5/h16-17H,6-15H2,1-5H3,(H,22,26). The van der Waals surface area contributed by atoms with E-state index in [9.17, 15) is 14.4 Å². The van der Waals surface area contributed by atoms with Gasteiger partial charge in [0.15, 0.2) is 0 Å². The van der Waals surface area contributed by atoms with Crippen molar-refractivity contribution in [2.45, 2.75) is 59.9 Å². The molecule has 2 aliphatic heterocycles. The van der Waals surface area contributed by atoms with E-state index >= 15 is 0 Å². The number of hydrogen-bond acceptors (Lipinski definition) is 4. The molecule has 0 aliphatic carbocycles. The molecular weight excluding hydrogens is 356 g/mol. The highest BCUT2D eigenvalue weighted by Crippen LogP contribution is 2.25. The maximum atomic E-state index is 13.0. The molecule has 2 heterocycles. The topological polar surface area (TPSA) is 73.0 Å². The summed E-state index contributed by atoms with van der Waals surface area (Å²) < 4.78 is 0. The zero-order valence-electron chi connectivity index (χ0n) is 18.3. The second kappa shape index (κ2) is 9.72. The highest BCUT2D eigenvalue weighted by Gasteiger charge is 2.35. The average Bonchev–Trinajstić information content (AvgIpc) is 2.66. The monoisotopic (exact) mass is 394 g/mol. The van der Waals surface area contributed by atoms with Crippen LogP contribution >= 0.6 is 0 Å². The zero-order valence-corrected chi connectivity index (χ0v) is 18.3. The van der Waals surface area contributed by atoms with Crippen LogP contribution in [0.15, 0.2) is 0 Å². The first-order chi connectivity index (χ1) is 13.1. The Kier molecular flexibility index (Phi) is 7.87. The van der Waals surface area contributed by atoms with Gasteiger partial charge in [0.05, 0.1) is 12.5 Å². The Bertz CT molecular complexity index is 564. The Balaban J connectivity index is 1.81. The fourth-order valence-corrected chi connectivity index (χ4v) is 3.85. The highest BCUT2D eigenvalue weighted by molar-refractivity contribution is 5.84. The van der Waals surface area contributed by atoms with E-state index in [1.54, 1.807) is 0 Å². The summed E-state index contributed by atoms with van der Waals surface area (Å²) in [6, 6.07) is 0.195. The SMILES string of the molecule is CCC(C)NC(=O)CN1CCN(C(=O)C2CCCN(C(=O)C(C)(C)C)C2)CC1. The number of amides is 3. The molecule has 28 heavy (non-hydrogen) atoms. The van der Waals surface area contributed by atoms with E-state index in [1.165, 1.54) is 0 Å². The minimum absolute atomic E-state index is 0.0535. The maximum absolute atomic E-state index is 13.0. The van der Waals surface area contributed by atoms with Gasteiger partial charge < -0.3 is 15.1 Å². The van der Waals surface area contributed by atoms with Gasteiger partial charge in [0, 0.05) is 50.7 Å². The van der Waals surface area contributed by atoms with Crippen molar-refractivity contribution in [2.24, 2.45) is 11.3 Å². The van der Waals surface area contributed by atoms with E-state index in [0.717, 1.165) is 38.9 Å². The van der Waals surface area contributed by atoms with Crippen LogP contribution in [0.5, 0.6) is 0 Å². The molecule has 160 valence electrons. The van der Waals surface area contributed by atoms with Crippen molar-refractivity contribution in [3.05, 3.63) is 0 Å². The molecule has 0 aromatic heterocycles. The van der Waals surface area contributed by atoms with E-state index in [4.69, 9.17) is 0 Å². The Morgan fingerprint density at radius 3 is 2.25 bits per heavy atom. The summed E-state index contributed by atoms with van der Waals surface area (Å²) in [7, 11) is 0. The van der Waals surface area contributed by atoms with Crippen LogP contribution in [0.1, 0.15) is 53.9 Å². The number of carbonyl (C=O) groups excluding carboxylic acids is 3. The molecule has 0 aromatic carbocycles. The Labute approximate surface area is 169 Å². The molecular formula is C21H38N4O3. The number of nitrogens with zero attached hydrogens (tertiary/aromatic N) is 3. The first-order valence-corrected chi connectivity index (χ1v) is 10.7. The van der Waals surface area contributed by atoms with Crippen molar-refractivity contribution in [2.75, 3.05) is 45.8 Å². The van der Waals surface area contributed by atoms with Crippen LogP contribution in [0.3, 0.4) is 0 Å². The van der Waals surface area contributed by atoms with Gasteiger partial charge in [0.1, 0.15) is 0 Å². The summed E-state index contributed by atoms with van der Waals surface area (Å²) in [5.41, 5.74) is -0.410. The number of nitrogens with one attached hydrogen (secondary N) is 1. The van der Waals surface area contributed by atoms with Gasteiger partial charge in [-0.25, -0.2) is 0 Å². The molecule has 0 spiro atoms. The van der Waals surface area contributed by atoms with Crippen LogP contribution in [0, 0.1) is 11.3 Å². The lowest BCUT2D eigenvalue weighted by molar-refractivity contribution is -0.146. The van der Waals surface area contributed by atoms with E-state index in [-0.39, 0.29) is 29.7 Å². The number of rotatable bonds is 5. The minimum Gasteiger partial charge on any atom is -0.353 e. The van der Waals surface area contributed by atoms with Crippen molar-refractivity contribution in [1.29, 1.82) is 0 Å². The van der Waals surface area contributed by atoms with Gasteiger partial charge in [-0.1, -0.05) is 27.7 Å². The Morgan fingerprint density at radius 2 is 1.68 bits per heavy atom. The fraction of sp³-hybridized carbons (Fsp3) is 0.857. The summed E-state index contributed by atoms with van der Waals surface area (Å²) in [6.07, 6.45) is 2.66. The average molecular weight is 395 g/mol. The second-order valence-corrected chi connectivity index (χ2v) is 9.32. The van der Waals surface area contributed by atoms with E-state index in [1.807, 2.05) is 37.5 Å². The molecule has 0 radical (unpaired) electrons. The highest BCUT2D eigenvalue weighted by atomic mass is 16.2. The summed E-state index contributed by atoms with van der Waals surface area (Å²) in [6.45, 7) is 14.3. The smallest absolute Gasteiger partial charge is 0.234 e. The molecule has 3 amide bonds. The van der Waals surface area contributed by atoms with Crippen molar-refractivity contribution in [3.63, 3.8) is 0 Å².